The van der Waals surface area contributed by atoms with E-state index in [9.17, 15) is 9.59 Å². The normalized spacial score (nSPS) is 15.5. The Bertz CT molecular complexity index is 1270. The molecule has 0 amide bonds. The number of carbonyl (C=O) groups excluding carboxylic acids is 2. The molecule has 3 aromatic carbocycles. The second-order valence-electron chi connectivity index (χ2n) is 9.41. The number of carbonyl (C=O) groups is 2. The van der Waals surface area contributed by atoms with Gasteiger partial charge in [0.2, 0.25) is 0 Å². The van der Waals surface area contributed by atoms with Crippen LogP contribution in [-0.4, -0.2) is 42.9 Å². The molecule has 0 saturated carbocycles. The molecule has 5 heteroatoms. The Morgan fingerprint density at radius 3 is 2.25 bits per heavy atom. The van der Waals surface area contributed by atoms with Crippen LogP contribution in [0.3, 0.4) is 0 Å². The van der Waals surface area contributed by atoms with Crippen molar-refractivity contribution < 1.29 is 19.1 Å². The number of nitrogens with zero attached hydrogens (tertiary/aromatic N) is 1. The van der Waals surface area contributed by atoms with Gasteiger partial charge in [0.1, 0.15) is 18.1 Å². The molecule has 5 rings (SSSR count). The lowest BCUT2D eigenvalue weighted by Crippen LogP contribution is -2.33. The molecule has 36 heavy (non-hydrogen) atoms. The average Bonchev–Trinajstić information content (AvgIpc) is 3.29. The molecule has 0 bridgehead atoms. The van der Waals surface area contributed by atoms with E-state index in [4.69, 9.17) is 9.47 Å². The fraction of sp³-hybridized carbons (Fsp3) is 0.290. The Labute approximate surface area is 212 Å². The second kappa shape index (κ2) is 10.9. The number of ketones is 1. The summed E-state index contributed by atoms with van der Waals surface area (Å²) in [5, 5.41) is 0. The highest BCUT2D eigenvalue weighted by atomic mass is 16.5. The van der Waals surface area contributed by atoms with Crippen molar-refractivity contribution in [1.29, 1.82) is 0 Å². The van der Waals surface area contributed by atoms with Crippen LogP contribution in [0, 0.1) is 0 Å². The van der Waals surface area contributed by atoms with Crippen molar-refractivity contribution in [2.24, 2.45) is 0 Å². The molecule has 1 aliphatic carbocycles. The first-order valence-corrected chi connectivity index (χ1v) is 12.7. The first kappa shape index (κ1) is 24.0. The lowest BCUT2D eigenvalue weighted by atomic mass is 9.93. The van der Waals surface area contributed by atoms with Crippen LogP contribution in [0.1, 0.15) is 53.2 Å². The number of rotatable bonds is 8. The molecule has 1 saturated heterocycles. The monoisotopic (exact) mass is 481 g/mol. The number of ether oxygens (including phenoxy) is 2. The van der Waals surface area contributed by atoms with Crippen molar-refractivity contribution in [2.75, 3.05) is 26.2 Å². The van der Waals surface area contributed by atoms with Crippen LogP contribution < -0.4 is 9.47 Å². The second-order valence-corrected chi connectivity index (χ2v) is 9.41. The minimum atomic E-state index is -0.356. The first-order chi connectivity index (χ1) is 17.6. The maximum Gasteiger partial charge on any atom is 0.308 e. The van der Waals surface area contributed by atoms with Gasteiger partial charge in [-0.2, -0.15) is 0 Å². The molecule has 0 aromatic heterocycles. The number of benzene rings is 3. The molecule has 0 atom stereocenters. The number of likely N-dealkylation sites (tertiary alicyclic amines) is 1. The van der Waals surface area contributed by atoms with Gasteiger partial charge >= 0.3 is 5.97 Å². The summed E-state index contributed by atoms with van der Waals surface area (Å²) in [5.41, 5.74) is 5.41. The predicted molar refractivity (Wildman–Crippen MR) is 141 cm³/mol. The Balaban J connectivity index is 1.35. The molecule has 0 unspecified atom stereocenters. The number of piperidine rings is 1. The van der Waals surface area contributed by atoms with Gasteiger partial charge in [-0.1, -0.05) is 42.8 Å². The highest BCUT2D eigenvalue weighted by Crippen LogP contribution is 2.40. The number of allylic oxidation sites excluding steroid dienone is 2. The minimum absolute atomic E-state index is 0.00104. The van der Waals surface area contributed by atoms with Crippen LogP contribution in [0.25, 0.3) is 11.1 Å². The number of esters is 1. The van der Waals surface area contributed by atoms with Crippen LogP contribution in [-0.2, 0) is 11.2 Å². The molecule has 3 aromatic rings. The van der Waals surface area contributed by atoms with E-state index in [0.29, 0.717) is 24.3 Å². The fourth-order valence-electron chi connectivity index (χ4n) is 5.08. The number of hydrogen-bond donors (Lipinski definition) is 0. The fourth-order valence-corrected chi connectivity index (χ4v) is 5.08. The average molecular weight is 482 g/mol. The Morgan fingerprint density at radius 1 is 0.833 bits per heavy atom. The first-order valence-electron chi connectivity index (χ1n) is 12.7. The summed E-state index contributed by atoms with van der Waals surface area (Å²) in [6, 6.07) is 22.9. The standard InChI is InChI=1S/C31H31NO4/c1-22(33)36-27-15-9-23(10-16-27)29-21-25-7-3-4-8-28(25)30(29)31(34)24-11-13-26(14-12-24)35-20-19-32-17-5-2-6-18-32/h3-4,7-16H,2,5-6,17-21H2,1H3. The highest BCUT2D eigenvalue weighted by Gasteiger charge is 2.28. The van der Waals surface area contributed by atoms with Gasteiger partial charge in [-0.05, 0) is 91.0 Å². The SMILES string of the molecule is CC(=O)Oc1ccc(C2=C(C(=O)c3ccc(OCCN4CCCCC4)cc3)c3ccccc3C2)cc1. The predicted octanol–water partition coefficient (Wildman–Crippen LogP) is 5.83. The van der Waals surface area contributed by atoms with Crippen LogP contribution in [0.15, 0.2) is 72.8 Å². The zero-order chi connectivity index (χ0) is 24.9. The third-order valence-electron chi connectivity index (χ3n) is 6.89. The largest absolute Gasteiger partial charge is 0.492 e. The Morgan fingerprint density at radius 2 is 1.53 bits per heavy atom. The summed E-state index contributed by atoms with van der Waals surface area (Å²) >= 11 is 0. The van der Waals surface area contributed by atoms with Crippen LogP contribution >= 0.6 is 0 Å². The number of Topliss-reactive ketones (excluding diaryl/α,β-unsaturated/α-hetero) is 1. The van der Waals surface area contributed by atoms with Crippen molar-refractivity contribution in [1.82, 2.24) is 4.90 Å². The smallest absolute Gasteiger partial charge is 0.308 e. The zero-order valence-electron chi connectivity index (χ0n) is 20.7. The highest BCUT2D eigenvalue weighted by molar-refractivity contribution is 6.36. The summed E-state index contributed by atoms with van der Waals surface area (Å²) in [4.78, 5) is 27.5. The van der Waals surface area contributed by atoms with E-state index in [1.165, 1.54) is 26.2 Å². The van der Waals surface area contributed by atoms with E-state index in [0.717, 1.165) is 53.2 Å². The van der Waals surface area contributed by atoms with Gasteiger partial charge in [0.15, 0.2) is 5.78 Å². The summed E-state index contributed by atoms with van der Waals surface area (Å²) < 4.78 is 11.1. The third-order valence-corrected chi connectivity index (χ3v) is 6.89. The van der Waals surface area contributed by atoms with Crippen molar-refractivity contribution in [3.05, 3.63) is 95.1 Å². The van der Waals surface area contributed by atoms with Gasteiger partial charge in [0.25, 0.3) is 0 Å². The number of hydrogen-bond acceptors (Lipinski definition) is 5. The van der Waals surface area contributed by atoms with Gasteiger partial charge in [0, 0.05) is 24.6 Å². The quantitative estimate of drug-likeness (QED) is 0.230. The zero-order valence-corrected chi connectivity index (χ0v) is 20.7. The minimum Gasteiger partial charge on any atom is -0.492 e. The summed E-state index contributed by atoms with van der Waals surface area (Å²) in [5.74, 6) is 0.917. The van der Waals surface area contributed by atoms with Crippen molar-refractivity contribution >= 4 is 22.9 Å². The Hall–Kier alpha value is -3.70. The molecule has 1 heterocycles. The molecular weight excluding hydrogens is 450 g/mol. The molecule has 184 valence electrons. The molecular formula is C31H31NO4. The van der Waals surface area contributed by atoms with Gasteiger partial charge < -0.3 is 9.47 Å². The number of fused-ring (bicyclic) bond motifs is 1. The lowest BCUT2D eigenvalue weighted by Gasteiger charge is -2.26. The molecule has 0 radical (unpaired) electrons. The lowest BCUT2D eigenvalue weighted by molar-refractivity contribution is -0.131. The maximum absolute atomic E-state index is 13.8. The van der Waals surface area contributed by atoms with Crippen molar-refractivity contribution in [2.45, 2.75) is 32.6 Å². The summed E-state index contributed by atoms with van der Waals surface area (Å²) in [6.07, 6.45) is 4.55. The van der Waals surface area contributed by atoms with E-state index in [1.54, 1.807) is 12.1 Å². The Kier molecular flexibility index (Phi) is 7.28. The van der Waals surface area contributed by atoms with E-state index >= 15 is 0 Å². The topological polar surface area (TPSA) is 55.8 Å². The van der Waals surface area contributed by atoms with Gasteiger partial charge in [-0.15, -0.1) is 0 Å². The van der Waals surface area contributed by atoms with E-state index < -0.39 is 0 Å². The van der Waals surface area contributed by atoms with Crippen molar-refractivity contribution in [3.8, 4) is 11.5 Å². The molecule has 1 aliphatic heterocycles. The third kappa shape index (κ3) is 5.42. The maximum atomic E-state index is 13.8. The van der Waals surface area contributed by atoms with Gasteiger partial charge in [-0.25, -0.2) is 0 Å². The summed E-state index contributed by atoms with van der Waals surface area (Å²) in [7, 11) is 0. The molecule has 1 fully saturated rings. The van der Waals surface area contributed by atoms with E-state index in [2.05, 4.69) is 11.0 Å². The van der Waals surface area contributed by atoms with Crippen LogP contribution in [0.5, 0.6) is 11.5 Å². The van der Waals surface area contributed by atoms with E-state index in [1.807, 2.05) is 54.6 Å². The molecule has 5 nitrogen and oxygen atoms in total. The van der Waals surface area contributed by atoms with E-state index in [-0.39, 0.29) is 11.8 Å². The van der Waals surface area contributed by atoms with Crippen LogP contribution in [0.2, 0.25) is 0 Å². The van der Waals surface area contributed by atoms with Gasteiger partial charge in [-0.3, -0.25) is 14.5 Å². The van der Waals surface area contributed by atoms with Gasteiger partial charge in [0.05, 0.1) is 0 Å². The summed E-state index contributed by atoms with van der Waals surface area (Å²) in [6.45, 7) is 5.28. The van der Waals surface area contributed by atoms with Crippen molar-refractivity contribution in [3.63, 3.8) is 0 Å². The molecule has 0 N–H and O–H groups in total. The molecule has 2 aliphatic rings. The van der Waals surface area contributed by atoms with Crippen LogP contribution in [0.4, 0.5) is 0 Å². The molecule has 0 spiro atoms.